The molecule has 0 aromatic carbocycles. The molecule has 1 aromatic heterocycles. The van der Waals surface area contributed by atoms with Gasteiger partial charge >= 0.3 is 0 Å². The van der Waals surface area contributed by atoms with Gasteiger partial charge in [-0.05, 0) is 25.7 Å². The monoisotopic (exact) mass is 312 g/mol. The van der Waals surface area contributed by atoms with E-state index in [9.17, 15) is 8.42 Å². The summed E-state index contributed by atoms with van der Waals surface area (Å²) in [6.45, 7) is 2.16. The van der Waals surface area contributed by atoms with Gasteiger partial charge in [0.25, 0.3) is 0 Å². The van der Waals surface area contributed by atoms with Gasteiger partial charge in [0.2, 0.25) is 17.8 Å². The molecule has 21 heavy (non-hydrogen) atoms. The van der Waals surface area contributed by atoms with Gasteiger partial charge in [0, 0.05) is 19.6 Å². The van der Waals surface area contributed by atoms with E-state index in [-0.39, 0.29) is 17.0 Å². The molecule has 0 bridgehead atoms. The Balaban J connectivity index is 1.70. The zero-order chi connectivity index (χ0) is 14.9. The SMILES string of the molecule is Nc1nc(NCC2CCCS2(=O)=O)nc(N2CCCC2)n1. The zero-order valence-corrected chi connectivity index (χ0v) is 12.6. The highest BCUT2D eigenvalue weighted by molar-refractivity contribution is 7.92. The number of hydrogen-bond donors (Lipinski definition) is 2. The van der Waals surface area contributed by atoms with Crippen molar-refractivity contribution in [1.29, 1.82) is 0 Å². The molecule has 0 amide bonds. The standard InChI is InChI=1S/C12H20N6O2S/c13-10-15-11(14-8-9-4-3-7-21(9,19)20)17-12(16-10)18-5-1-2-6-18/h9H,1-8H2,(H3,13,14,15,16,17). The third-order valence-corrected chi connectivity index (χ3v) is 6.26. The quantitative estimate of drug-likeness (QED) is 0.801. The molecule has 2 aliphatic rings. The maximum absolute atomic E-state index is 11.8. The van der Waals surface area contributed by atoms with Crippen LogP contribution in [0.1, 0.15) is 25.7 Å². The molecule has 2 saturated heterocycles. The number of hydrogen-bond acceptors (Lipinski definition) is 8. The molecule has 1 unspecified atom stereocenters. The van der Waals surface area contributed by atoms with Gasteiger partial charge in [-0.3, -0.25) is 0 Å². The van der Waals surface area contributed by atoms with Gasteiger partial charge in [-0.25, -0.2) is 8.42 Å². The maximum Gasteiger partial charge on any atom is 0.231 e. The van der Waals surface area contributed by atoms with E-state index in [4.69, 9.17) is 5.73 Å². The van der Waals surface area contributed by atoms with Crippen molar-refractivity contribution in [2.45, 2.75) is 30.9 Å². The first-order chi connectivity index (χ1) is 10.0. The van der Waals surface area contributed by atoms with Crippen LogP contribution in [-0.4, -0.2) is 54.0 Å². The molecule has 1 atom stereocenters. The molecule has 3 N–H and O–H groups in total. The van der Waals surface area contributed by atoms with Crippen LogP contribution in [0.4, 0.5) is 17.8 Å². The second-order valence-corrected chi connectivity index (χ2v) is 7.92. The van der Waals surface area contributed by atoms with Gasteiger partial charge in [-0.2, -0.15) is 15.0 Å². The first-order valence-corrected chi connectivity index (χ1v) is 8.98. The number of nitrogens with zero attached hydrogens (tertiary/aromatic N) is 4. The van der Waals surface area contributed by atoms with Gasteiger partial charge in [-0.1, -0.05) is 0 Å². The Morgan fingerprint density at radius 1 is 1.19 bits per heavy atom. The zero-order valence-electron chi connectivity index (χ0n) is 11.8. The van der Waals surface area contributed by atoms with Crippen molar-refractivity contribution >= 4 is 27.7 Å². The molecule has 0 saturated carbocycles. The van der Waals surface area contributed by atoms with E-state index in [1.54, 1.807) is 0 Å². The molecule has 3 heterocycles. The second kappa shape index (κ2) is 5.63. The Hall–Kier alpha value is -1.64. The molecule has 2 aliphatic heterocycles. The minimum atomic E-state index is -2.97. The molecule has 1 aromatic rings. The molecule has 2 fully saturated rings. The molecule has 0 radical (unpaired) electrons. The van der Waals surface area contributed by atoms with Crippen molar-refractivity contribution in [2.24, 2.45) is 0 Å². The van der Waals surface area contributed by atoms with Crippen LogP contribution in [-0.2, 0) is 9.84 Å². The second-order valence-electron chi connectivity index (χ2n) is 5.52. The fourth-order valence-corrected chi connectivity index (χ4v) is 4.58. The number of nitrogens with two attached hydrogens (primary N) is 1. The fraction of sp³-hybridized carbons (Fsp3) is 0.750. The van der Waals surface area contributed by atoms with E-state index in [0.29, 0.717) is 24.9 Å². The number of nitrogen functional groups attached to an aromatic ring is 1. The lowest BCUT2D eigenvalue weighted by Crippen LogP contribution is -2.27. The van der Waals surface area contributed by atoms with Gasteiger partial charge in [0.1, 0.15) is 0 Å². The van der Waals surface area contributed by atoms with Gasteiger partial charge < -0.3 is 16.0 Å². The number of nitrogens with one attached hydrogen (secondary N) is 1. The molecule has 8 nitrogen and oxygen atoms in total. The highest BCUT2D eigenvalue weighted by atomic mass is 32.2. The van der Waals surface area contributed by atoms with Crippen LogP contribution in [0, 0.1) is 0 Å². The Labute approximate surface area is 124 Å². The predicted molar refractivity (Wildman–Crippen MR) is 81.0 cm³/mol. The average Bonchev–Trinajstić information content (AvgIpc) is 3.05. The lowest BCUT2D eigenvalue weighted by molar-refractivity contribution is 0.591. The molecule has 0 spiro atoms. The fourth-order valence-electron chi connectivity index (χ4n) is 2.81. The summed E-state index contributed by atoms with van der Waals surface area (Å²) in [5.41, 5.74) is 5.72. The topological polar surface area (TPSA) is 114 Å². The third kappa shape index (κ3) is 3.17. The highest BCUT2D eigenvalue weighted by Crippen LogP contribution is 2.21. The summed E-state index contributed by atoms with van der Waals surface area (Å²) in [6.07, 6.45) is 3.66. The summed E-state index contributed by atoms with van der Waals surface area (Å²) < 4.78 is 23.6. The van der Waals surface area contributed by atoms with Crippen molar-refractivity contribution in [2.75, 3.05) is 41.3 Å². The smallest absolute Gasteiger partial charge is 0.231 e. The Kier molecular flexibility index (Phi) is 3.83. The predicted octanol–water partition coefficient (Wildman–Crippen LogP) is 0.0431. The maximum atomic E-state index is 11.8. The lowest BCUT2D eigenvalue weighted by atomic mass is 10.2. The van der Waals surface area contributed by atoms with Gasteiger partial charge in [0.05, 0.1) is 11.0 Å². The van der Waals surface area contributed by atoms with Crippen LogP contribution in [0.25, 0.3) is 0 Å². The molecule has 9 heteroatoms. The minimum absolute atomic E-state index is 0.156. The lowest BCUT2D eigenvalue weighted by Gasteiger charge is -2.16. The van der Waals surface area contributed by atoms with Crippen molar-refractivity contribution in [3.05, 3.63) is 0 Å². The first kappa shape index (κ1) is 14.3. The third-order valence-electron chi connectivity index (χ3n) is 3.98. The van der Waals surface area contributed by atoms with Crippen molar-refractivity contribution in [3.63, 3.8) is 0 Å². The first-order valence-electron chi connectivity index (χ1n) is 7.26. The Bertz CT molecular complexity index is 614. The van der Waals surface area contributed by atoms with Crippen molar-refractivity contribution in [1.82, 2.24) is 15.0 Å². The normalized spacial score (nSPS) is 24.4. The van der Waals surface area contributed by atoms with Crippen LogP contribution < -0.4 is 16.0 Å². The van der Waals surface area contributed by atoms with E-state index < -0.39 is 9.84 Å². The summed E-state index contributed by atoms with van der Waals surface area (Å²) in [5.74, 6) is 1.35. The molecule has 3 rings (SSSR count). The molecule has 116 valence electrons. The summed E-state index contributed by atoms with van der Waals surface area (Å²) in [5, 5.41) is 2.64. The van der Waals surface area contributed by atoms with E-state index in [1.165, 1.54) is 0 Å². The van der Waals surface area contributed by atoms with E-state index in [0.717, 1.165) is 32.4 Å². The van der Waals surface area contributed by atoms with Crippen LogP contribution in [0.15, 0.2) is 0 Å². The van der Waals surface area contributed by atoms with Crippen LogP contribution in [0.2, 0.25) is 0 Å². The van der Waals surface area contributed by atoms with E-state index >= 15 is 0 Å². The molecular weight excluding hydrogens is 292 g/mol. The van der Waals surface area contributed by atoms with Gasteiger partial charge in [-0.15, -0.1) is 0 Å². The van der Waals surface area contributed by atoms with Crippen LogP contribution >= 0.6 is 0 Å². The minimum Gasteiger partial charge on any atom is -0.368 e. The average molecular weight is 312 g/mol. The number of anilines is 3. The van der Waals surface area contributed by atoms with Crippen molar-refractivity contribution in [3.8, 4) is 0 Å². The summed E-state index contributed by atoms with van der Waals surface area (Å²) in [6, 6.07) is 0. The largest absolute Gasteiger partial charge is 0.368 e. The van der Waals surface area contributed by atoms with E-state index in [2.05, 4.69) is 25.2 Å². The molecule has 0 aliphatic carbocycles. The number of rotatable bonds is 4. The van der Waals surface area contributed by atoms with Crippen LogP contribution in [0.3, 0.4) is 0 Å². The Morgan fingerprint density at radius 2 is 1.95 bits per heavy atom. The summed E-state index contributed by atoms with van der Waals surface area (Å²) in [7, 11) is -2.97. The van der Waals surface area contributed by atoms with Crippen molar-refractivity contribution < 1.29 is 8.42 Å². The van der Waals surface area contributed by atoms with Crippen LogP contribution in [0.5, 0.6) is 0 Å². The number of sulfone groups is 1. The molecular formula is C12H20N6O2S. The highest BCUT2D eigenvalue weighted by Gasteiger charge is 2.31. The van der Waals surface area contributed by atoms with Gasteiger partial charge in [0.15, 0.2) is 9.84 Å². The van der Waals surface area contributed by atoms with E-state index in [1.807, 2.05) is 0 Å². The number of aromatic nitrogens is 3. The summed E-state index contributed by atoms with van der Waals surface area (Å²) >= 11 is 0. The Morgan fingerprint density at radius 3 is 2.62 bits per heavy atom. The summed E-state index contributed by atoms with van der Waals surface area (Å²) in [4.78, 5) is 14.6.